The summed E-state index contributed by atoms with van der Waals surface area (Å²) in [6.45, 7) is 12.9. The van der Waals surface area contributed by atoms with Gasteiger partial charge < -0.3 is 25.8 Å². The van der Waals surface area contributed by atoms with Crippen molar-refractivity contribution in [3.05, 3.63) is 0 Å². The minimum Gasteiger partial charge on any atom is -0.469 e. The summed E-state index contributed by atoms with van der Waals surface area (Å²) < 4.78 is 8.92. The Hall–Kier alpha value is -1.81. The van der Waals surface area contributed by atoms with E-state index in [-0.39, 0.29) is 62.5 Å². The van der Waals surface area contributed by atoms with Crippen molar-refractivity contribution in [2.45, 2.75) is 78.4 Å². The van der Waals surface area contributed by atoms with Gasteiger partial charge in [-0.25, -0.2) is 0 Å². The average Bonchev–Trinajstić information content (AvgIpc) is 2.49. The van der Waals surface area contributed by atoms with E-state index in [1.807, 2.05) is 41.5 Å². The standard InChI is InChI=1S/C10H19NO3.C9H18N2O3.H2S.H2/c1-7(9(13)14-5)6-8(12)11-10(2,3)4;1-9(2,3)11-7(12)5-6(10)8(13)14-4;;/h7H,6H2,1-5H3,(H,11,12);6H,5,10H2,1-4H3,(H,11,12);1H2;1H/t7-;6-;;/m11../s1/i;;;1+2. The topological polar surface area (TPSA) is 137 Å². The molecule has 0 heterocycles. The first-order valence-electron chi connectivity index (χ1n) is 9.05. The summed E-state index contributed by atoms with van der Waals surface area (Å²) in [4.78, 5) is 44.6. The molecule has 2 atom stereocenters. The molecule has 0 aliphatic heterocycles. The molecule has 0 aromatic rings. The van der Waals surface area contributed by atoms with Crippen LogP contribution in [0.25, 0.3) is 0 Å². The van der Waals surface area contributed by atoms with E-state index in [0.717, 1.165) is 0 Å². The number of rotatable bonds is 6. The van der Waals surface area contributed by atoms with E-state index in [4.69, 9.17) is 5.73 Å². The van der Waals surface area contributed by atoms with Crippen LogP contribution in [-0.4, -0.2) is 55.1 Å². The fraction of sp³-hybridized carbons (Fsp3) is 0.789. The van der Waals surface area contributed by atoms with Crippen molar-refractivity contribution in [1.29, 1.82) is 0 Å². The van der Waals surface area contributed by atoms with Gasteiger partial charge in [-0.3, -0.25) is 19.2 Å². The van der Waals surface area contributed by atoms with E-state index in [1.165, 1.54) is 14.2 Å². The highest BCUT2D eigenvalue weighted by molar-refractivity contribution is 7.59. The van der Waals surface area contributed by atoms with Crippen LogP contribution in [0.5, 0.6) is 0 Å². The lowest BCUT2D eigenvalue weighted by atomic mass is 10.1. The fourth-order valence-corrected chi connectivity index (χ4v) is 1.94. The zero-order chi connectivity index (χ0) is 22.7. The monoisotopic (exact) mass is 441 g/mol. The third kappa shape index (κ3) is 19.3. The van der Waals surface area contributed by atoms with Crippen LogP contribution >= 0.6 is 13.5 Å². The highest BCUT2D eigenvalue weighted by Gasteiger charge is 2.21. The van der Waals surface area contributed by atoms with Crippen molar-refractivity contribution < 1.29 is 30.1 Å². The first-order valence-corrected chi connectivity index (χ1v) is 9.05. The van der Waals surface area contributed by atoms with Crippen LogP contribution in [0.1, 0.15) is 62.7 Å². The minimum absolute atomic E-state index is 0. The molecule has 0 radical (unpaired) electrons. The summed E-state index contributed by atoms with van der Waals surface area (Å²) in [5, 5.41) is 5.48. The van der Waals surface area contributed by atoms with Gasteiger partial charge in [-0.1, -0.05) is 6.92 Å². The first kappa shape index (κ1) is 31.9. The van der Waals surface area contributed by atoms with Crippen LogP contribution < -0.4 is 16.4 Å². The molecule has 0 aromatic heterocycles. The van der Waals surface area contributed by atoms with Gasteiger partial charge in [-0.05, 0) is 41.5 Å². The molecule has 0 bridgehead atoms. The predicted octanol–water partition coefficient (Wildman–Crippen LogP) is 1.25. The van der Waals surface area contributed by atoms with Crippen molar-refractivity contribution in [2.24, 2.45) is 11.7 Å². The number of hydrogen-bond donors (Lipinski definition) is 3. The summed E-state index contributed by atoms with van der Waals surface area (Å²) in [6, 6.07) is -0.887. The number of amides is 2. The molecule has 29 heavy (non-hydrogen) atoms. The van der Waals surface area contributed by atoms with E-state index >= 15 is 0 Å². The smallest absolute Gasteiger partial charge is 0.323 e. The molecule has 0 unspecified atom stereocenters. The molecule has 0 aliphatic carbocycles. The Morgan fingerprint density at radius 2 is 1.17 bits per heavy atom. The Kier molecular flexibility index (Phi) is 15.6. The predicted molar refractivity (Wildman–Crippen MR) is 119 cm³/mol. The lowest BCUT2D eigenvalue weighted by Crippen LogP contribution is -2.44. The van der Waals surface area contributed by atoms with Crippen LogP contribution in [0.4, 0.5) is 0 Å². The molecule has 0 fully saturated rings. The van der Waals surface area contributed by atoms with Crippen molar-refractivity contribution >= 4 is 37.2 Å². The molecule has 0 aliphatic rings. The number of nitrogens with one attached hydrogen (secondary N) is 2. The van der Waals surface area contributed by atoms with Gasteiger partial charge in [-0.2, -0.15) is 13.5 Å². The maximum atomic E-state index is 11.4. The molecule has 2 amide bonds. The van der Waals surface area contributed by atoms with E-state index in [9.17, 15) is 19.2 Å². The van der Waals surface area contributed by atoms with Gasteiger partial charge in [-0.15, -0.1) is 0 Å². The van der Waals surface area contributed by atoms with Gasteiger partial charge in [0.2, 0.25) is 11.8 Å². The zero-order valence-corrected chi connectivity index (χ0v) is 20.1. The number of ether oxygens (including phenoxy) is 2. The summed E-state index contributed by atoms with van der Waals surface area (Å²) in [6.07, 6.45) is 0.119. The molecule has 0 saturated heterocycles. The average molecular weight is 442 g/mol. The number of carbonyl (C=O) groups is 4. The highest BCUT2D eigenvalue weighted by Crippen LogP contribution is 2.06. The molecule has 0 aromatic carbocycles. The lowest BCUT2D eigenvalue weighted by Gasteiger charge is -2.21. The van der Waals surface area contributed by atoms with E-state index in [2.05, 4.69) is 20.1 Å². The lowest BCUT2D eigenvalue weighted by molar-refractivity contribution is -0.146. The Morgan fingerprint density at radius 3 is 1.48 bits per heavy atom. The van der Waals surface area contributed by atoms with Crippen molar-refractivity contribution in [2.75, 3.05) is 14.2 Å². The summed E-state index contributed by atoms with van der Waals surface area (Å²) >= 11 is 0. The summed E-state index contributed by atoms with van der Waals surface area (Å²) in [5.41, 5.74) is 4.84. The SMILES string of the molecule is COC(=O)[C@H](C)CC(=O)NC(C)(C)C.COC(=O)[C@H](N)CC(=O)NC(C)(C)C.S.[3HH]. The summed E-state index contributed by atoms with van der Waals surface area (Å²) in [5.74, 6) is -1.70. The van der Waals surface area contributed by atoms with Gasteiger partial charge in [0.1, 0.15) is 6.04 Å². The molecule has 4 N–H and O–H groups in total. The second-order valence-electron chi connectivity index (χ2n) is 8.56. The molecule has 0 saturated carbocycles. The third-order valence-electron chi connectivity index (χ3n) is 3.03. The first-order chi connectivity index (χ1) is 12.5. The largest absolute Gasteiger partial charge is 0.469 e. The number of methoxy groups -OCH3 is 2. The molecule has 0 spiro atoms. The van der Waals surface area contributed by atoms with Crippen LogP contribution in [-0.2, 0) is 28.7 Å². The van der Waals surface area contributed by atoms with Gasteiger partial charge in [0.25, 0.3) is 0 Å². The number of hydrogen-bond acceptors (Lipinski definition) is 7. The third-order valence-corrected chi connectivity index (χ3v) is 3.03. The normalized spacial score (nSPS) is 12.8. The van der Waals surface area contributed by atoms with Gasteiger partial charge in [0.15, 0.2) is 0 Å². The van der Waals surface area contributed by atoms with E-state index in [1.54, 1.807) is 6.92 Å². The van der Waals surface area contributed by atoms with E-state index in [0.29, 0.717) is 0 Å². The number of esters is 2. The Morgan fingerprint density at radius 1 is 0.828 bits per heavy atom. The maximum absolute atomic E-state index is 11.4. The molecule has 174 valence electrons. The molecule has 9 nitrogen and oxygen atoms in total. The second-order valence-corrected chi connectivity index (χ2v) is 8.56. The van der Waals surface area contributed by atoms with Crippen LogP contribution in [0, 0.1) is 5.92 Å². The number of carbonyl (C=O) groups excluding carboxylic acids is 4. The fourth-order valence-electron chi connectivity index (χ4n) is 1.94. The van der Waals surface area contributed by atoms with Crippen LogP contribution in [0.2, 0.25) is 0 Å². The number of nitrogens with two attached hydrogens (primary N) is 1. The van der Waals surface area contributed by atoms with Crippen LogP contribution in [0.15, 0.2) is 0 Å². The molecule has 0 rings (SSSR count). The Bertz CT molecular complexity index is 499. The molecular weight excluding hydrogens is 398 g/mol. The molecule has 10 heteroatoms. The maximum Gasteiger partial charge on any atom is 0.323 e. The van der Waals surface area contributed by atoms with Gasteiger partial charge in [0, 0.05) is 18.9 Å². The zero-order valence-electron chi connectivity index (χ0n) is 19.1. The minimum atomic E-state index is -0.887. The van der Waals surface area contributed by atoms with Crippen molar-refractivity contribution in [3.63, 3.8) is 0 Å². The quantitative estimate of drug-likeness (QED) is 0.528. The second kappa shape index (κ2) is 14.2. The Labute approximate surface area is 182 Å². The Balaban J connectivity index is -0.000000211. The van der Waals surface area contributed by atoms with E-state index < -0.39 is 12.0 Å². The van der Waals surface area contributed by atoms with Crippen molar-refractivity contribution in [3.8, 4) is 0 Å². The molecular formula is C19H41N3O6S. The van der Waals surface area contributed by atoms with Gasteiger partial charge in [0.05, 0.1) is 26.6 Å². The van der Waals surface area contributed by atoms with Crippen LogP contribution in [0.3, 0.4) is 0 Å². The van der Waals surface area contributed by atoms with Crippen molar-refractivity contribution in [1.82, 2.24) is 10.6 Å². The van der Waals surface area contributed by atoms with Gasteiger partial charge >= 0.3 is 11.9 Å². The summed E-state index contributed by atoms with van der Waals surface area (Å²) in [7, 11) is 2.56. The highest BCUT2D eigenvalue weighted by atomic mass is 32.1.